The lowest BCUT2D eigenvalue weighted by Gasteiger charge is -2.25. The van der Waals surface area contributed by atoms with Crippen LogP contribution in [0, 0.1) is 15.9 Å². The maximum atomic E-state index is 14.0. The third-order valence-corrected chi connectivity index (χ3v) is 3.53. The van der Waals surface area contributed by atoms with Gasteiger partial charge in [0.05, 0.1) is 12.0 Å². The minimum absolute atomic E-state index is 0.103. The number of amides is 1. The molecule has 0 atom stereocenters. The Bertz CT molecular complexity index is 634. The second-order valence-corrected chi connectivity index (χ2v) is 4.87. The molecule has 0 unspecified atom stereocenters. The maximum absolute atomic E-state index is 14.0. The fourth-order valence-electron chi connectivity index (χ4n) is 2.33. The molecule has 0 spiro atoms. The number of nitrogens with zero attached hydrogens (tertiary/aromatic N) is 2. The van der Waals surface area contributed by atoms with Crippen LogP contribution in [0.2, 0.25) is 0 Å². The Morgan fingerprint density at radius 3 is 2.59 bits per heavy atom. The molecule has 1 aromatic carbocycles. The summed E-state index contributed by atoms with van der Waals surface area (Å²) in [5, 5.41) is 19.8. The number of carboxylic acid groups (broad SMARTS) is 1. The largest absolute Gasteiger partial charge is 0.490 e. The Hall–Kier alpha value is -2.64. The highest BCUT2D eigenvalue weighted by molar-refractivity contribution is 5.66. The van der Waals surface area contributed by atoms with Crippen molar-refractivity contribution in [3.8, 4) is 5.75 Å². The molecule has 1 saturated heterocycles. The van der Waals surface area contributed by atoms with Gasteiger partial charge in [0.15, 0.2) is 5.75 Å². The van der Waals surface area contributed by atoms with Crippen molar-refractivity contribution in [2.45, 2.75) is 12.8 Å². The van der Waals surface area contributed by atoms with Crippen molar-refractivity contribution in [1.29, 1.82) is 0 Å². The van der Waals surface area contributed by atoms with Gasteiger partial charge in [-0.1, -0.05) is 11.6 Å². The standard InChI is InChI=1S/C14H15FN2O5/c1-22-13-8-11(15)10(7-12(13)17(20)21)6-9-2-4-16(5-3-9)14(18)19/h6-8H,2-5H2,1H3,(H,18,19). The van der Waals surface area contributed by atoms with E-state index in [4.69, 9.17) is 9.84 Å². The molecule has 1 fully saturated rings. The number of rotatable bonds is 3. The Morgan fingerprint density at radius 2 is 2.09 bits per heavy atom. The molecule has 0 radical (unpaired) electrons. The number of hydrogen-bond donors (Lipinski definition) is 1. The van der Waals surface area contributed by atoms with Gasteiger partial charge in [0.25, 0.3) is 0 Å². The maximum Gasteiger partial charge on any atom is 0.407 e. The van der Waals surface area contributed by atoms with Gasteiger partial charge in [-0.2, -0.15) is 0 Å². The van der Waals surface area contributed by atoms with Crippen molar-refractivity contribution in [3.63, 3.8) is 0 Å². The summed E-state index contributed by atoms with van der Waals surface area (Å²) < 4.78 is 18.8. The van der Waals surface area contributed by atoms with Crippen molar-refractivity contribution < 1.29 is 24.0 Å². The summed E-state index contributed by atoms with van der Waals surface area (Å²) >= 11 is 0. The second-order valence-electron chi connectivity index (χ2n) is 4.87. The van der Waals surface area contributed by atoms with Gasteiger partial charge in [-0.15, -0.1) is 0 Å². The van der Waals surface area contributed by atoms with Gasteiger partial charge in [0.1, 0.15) is 5.82 Å². The Balaban J connectivity index is 2.26. The van der Waals surface area contributed by atoms with Gasteiger partial charge < -0.3 is 14.7 Å². The molecule has 1 aliphatic heterocycles. The average molecular weight is 310 g/mol. The number of ether oxygens (including phenoxy) is 1. The van der Waals surface area contributed by atoms with Crippen LogP contribution in [-0.2, 0) is 0 Å². The summed E-state index contributed by atoms with van der Waals surface area (Å²) in [4.78, 5) is 22.4. The number of hydrogen-bond acceptors (Lipinski definition) is 4. The molecule has 8 heteroatoms. The molecular formula is C14H15FN2O5. The van der Waals surface area contributed by atoms with Gasteiger partial charge in [0.2, 0.25) is 0 Å². The number of benzene rings is 1. The lowest BCUT2D eigenvalue weighted by molar-refractivity contribution is -0.385. The number of nitro benzene ring substituents is 1. The van der Waals surface area contributed by atoms with Crippen LogP contribution >= 0.6 is 0 Å². The van der Waals surface area contributed by atoms with Crippen LogP contribution in [0.25, 0.3) is 6.08 Å². The van der Waals surface area contributed by atoms with Gasteiger partial charge in [-0.25, -0.2) is 9.18 Å². The Morgan fingerprint density at radius 1 is 1.45 bits per heavy atom. The van der Waals surface area contributed by atoms with Gasteiger partial charge in [-0.05, 0) is 12.8 Å². The summed E-state index contributed by atoms with van der Waals surface area (Å²) in [7, 11) is 1.24. The molecule has 1 aromatic rings. The number of halogens is 1. The molecule has 1 N–H and O–H groups in total. The van der Waals surface area contributed by atoms with Gasteiger partial charge in [0, 0.05) is 30.8 Å². The van der Waals surface area contributed by atoms with Crippen LogP contribution in [0.4, 0.5) is 14.9 Å². The van der Waals surface area contributed by atoms with E-state index in [1.807, 2.05) is 0 Å². The number of nitro groups is 1. The highest BCUT2D eigenvalue weighted by Gasteiger charge is 2.21. The van der Waals surface area contributed by atoms with Crippen LogP contribution in [0.15, 0.2) is 17.7 Å². The second kappa shape index (κ2) is 6.42. The van der Waals surface area contributed by atoms with Crippen LogP contribution in [0.3, 0.4) is 0 Å². The molecule has 0 aliphatic carbocycles. The first-order valence-corrected chi connectivity index (χ1v) is 6.61. The predicted octanol–water partition coefficient (Wildman–Crippen LogP) is 2.90. The summed E-state index contributed by atoms with van der Waals surface area (Å²) in [5.41, 5.74) is 0.654. The SMILES string of the molecule is COc1cc(F)c(C=C2CCN(C(=O)O)CC2)cc1[N+](=O)[O-]. The third-order valence-electron chi connectivity index (χ3n) is 3.53. The summed E-state index contributed by atoms with van der Waals surface area (Å²) in [5.74, 6) is -0.749. The van der Waals surface area contributed by atoms with E-state index < -0.39 is 16.8 Å². The van der Waals surface area contributed by atoms with Crippen molar-refractivity contribution in [1.82, 2.24) is 4.90 Å². The molecular weight excluding hydrogens is 295 g/mol. The number of likely N-dealkylation sites (tertiary alicyclic amines) is 1. The monoisotopic (exact) mass is 310 g/mol. The molecule has 1 aliphatic rings. The number of methoxy groups -OCH3 is 1. The van der Waals surface area contributed by atoms with Gasteiger partial charge in [-0.3, -0.25) is 10.1 Å². The minimum atomic E-state index is -0.981. The zero-order chi connectivity index (χ0) is 16.3. The first-order chi connectivity index (χ1) is 10.4. The highest BCUT2D eigenvalue weighted by Crippen LogP contribution is 2.31. The third kappa shape index (κ3) is 3.33. The quantitative estimate of drug-likeness (QED) is 0.684. The lowest BCUT2D eigenvalue weighted by Crippen LogP contribution is -2.35. The van der Waals surface area contributed by atoms with E-state index in [0.29, 0.717) is 25.9 Å². The molecule has 0 saturated carbocycles. The molecule has 118 valence electrons. The average Bonchev–Trinajstić information content (AvgIpc) is 2.49. The number of piperidine rings is 1. The zero-order valence-corrected chi connectivity index (χ0v) is 11.9. The molecule has 0 bridgehead atoms. The Kier molecular flexibility index (Phi) is 4.59. The van der Waals surface area contributed by atoms with E-state index in [0.717, 1.165) is 17.7 Å². The highest BCUT2D eigenvalue weighted by atomic mass is 19.1. The number of carbonyl (C=O) groups is 1. The topological polar surface area (TPSA) is 92.9 Å². The molecule has 0 aromatic heterocycles. The first kappa shape index (κ1) is 15.7. The van der Waals surface area contributed by atoms with Crippen molar-refractivity contribution >= 4 is 17.9 Å². The molecule has 1 heterocycles. The smallest absolute Gasteiger partial charge is 0.407 e. The summed E-state index contributed by atoms with van der Waals surface area (Å²) in [6.45, 7) is 0.669. The molecule has 1 amide bonds. The van der Waals surface area contributed by atoms with Crippen LogP contribution in [0.5, 0.6) is 5.75 Å². The van der Waals surface area contributed by atoms with Crippen molar-refractivity contribution in [3.05, 3.63) is 39.2 Å². The summed E-state index contributed by atoms with van der Waals surface area (Å²) in [6.07, 6.45) is 1.52. The van der Waals surface area contributed by atoms with E-state index in [1.54, 1.807) is 6.08 Å². The van der Waals surface area contributed by atoms with E-state index >= 15 is 0 Å². The van der Waals surface area contributed by atoms with Crippen molar-refractivity contribution in [2.75, 3.05) is 20.2 Å². The van der Waals surface area contributed by atoms with Crippen molar-refractivity contribution in [2.24, 2.45) is 0 Å². The zero-order valence-electron chi connectivity index (χ0n) is 11.9. The van der Waals surface area contributed by atoms with Crippen LogP contribution < -0.4 is 4.74 Å². The lowest BCUT2D eigenvalue weighted by atomic mass is 10.0. The summed E-state index contributed by atoms with van der Waals surface area (Å²) in [6, 6.07) is 2.11. The fraction of sp³-hybridized carbons (Fsp3) is 0.357. The normalized spacial score (nSPS) is 14.6. The Labute approximate surface area is 125 Å². The molecule has 22 heavy (non-hydrogen) atoms. The van der Waals surface area contributed by atoms with E-state index in [1.165, 1.54) is 12.0 Å². The molecule has 2 rings (SSSR count). The van der Waals surface area contributed by atoms with E-state index in [-0.39, 0.29) is 17.0 Å². The molecule has 7 nitrogen and oxygen atoms in total. The van der Waals surface area contributed by atoms with Crippen LogP contribution in [-0.4, -0.2) is 41.2 Å². The minimum Gasteiger partial charge on any atom is -0.490 e. The van der Waals surface area contributed by atoms with E-state index in [9.17, 15) is 19.3 Å². The van der Waals surface area contributed by atoms with Crippen LogP contribution in [0.1, 0.15) is 18.4 Å². The van der Waals surface area contributed by atoms with E-state index in [2.05, 4.69) is 0 Å². The predicted molar refractivity (Wildman–Crippen MR) is 76.4 cm³/mol. The fourth-order valence-corrected chi connectivity index (χ4v) is 2.33. The first-order valence-electron chi connectivity index (χ1n) is 6.61. The van der Waals surface area contributed by atoms with Gasteiger partial charge >= 0.3 is 11.8 Å².